The standard InChI is InChI=1S/C24H22F2N8O2S/c1-14-4-6-17(7-5-14)37(35,36)34-9-8-18-22(30-20-12-33(3)13-28-20)31-24(32-23(18)34)29-15(2)21-19(26)10-16(25)11-27-21/h4-13,15H,1-3H3,(H2,29,30,31,32)/t15-/m0/s1. The molecule has 0 aliphatic carbocycles. The Balaban J connectivity index is 1.62. The minimum atomic E-state index is -4.00. The molecule has 0 radical (unpaired) electrons. The molecule has 2 N–H and O–H groups in total. The van der Waals surface area contributed by atoms with Crippen LogP contribution < -0.4 is 10.6 Å². The van der Waals surface area contributed by atoms with Crippen molar-refractivity contribution >= 4 is 38.6 Å². The molecule has 0 amide bonds. The lowest BCUT2D eigenvalue weighted by molar-refractivity contribution is 0.550. The van der Waals surface area contributed by atoms with Crippen LogP contribution in [0.4, 0.5) is 26.4 Å². The molecule has 0 unspecified atom stereocenters. The van der Waals surface area contributed by atoms with Crippen LogP contribution in [-0.4, -0.2) is 36.9 Å². The Morgan fingerprint density at radius 1 is 1.05 bits per heavy atom. The van der Waals surface area contributed by atoms with Gasteiger partial charge in [-0.3, -0.25) is 4.98 Å². The minimum Gasteiger partial charge on any atom is -0.346 e. The molecule has 190 valence electrons. The third-order valence-electron chi connectivity index (χ3n) is 5.63. The van der Waals surface area contributed by atoms with Crippen LogP contribution in [-0.2, 0) is 17.1 Å². The van der Waals surface area contributed by atoms with Gasteiger partial charge < -0.3 is 15.2 Å². The Hall–Kier alpha value is -4.39. The number of aromatic nitrogens is 6. The van der Waals surface area contributed by atoms with E-state index in [2.05, 4.69) is 30.6 Å². The van der Waals surface area contributed by atoms with E-state index in [1.807, 2.05) is 6.92 Å². The van der Waals surface area contributed by atoms with Crippen LogP contribution in [0.5, 0.6) is 0 Å². The maximum Gasteiger partial charge on any atom is 0.269 e. The summed E-state index contributed by atoms with van der Waals surface area (Å²) >= 11 is 0. The van der Waals surface area contributed by atoms with Crippen molar-refractivity contribution in [3.8, 4) is 0 Å². The van der Waals surface area contributed by atoms with E-state index in [9.17, 15) is 17.2 Å². The zero-order valence-corrected chi connectivity index (χ0v) is 20.8. The first-order valence-corrected chi connectivity index (χ1v) is 12.6. The number of anilines is 3. The first-order valence-electron chi connectivity index (χ1n) is 11.2. The predicted octanol–water partition coefficient (Wildman–Crippen LogP) is 4.30. The number of aryl methyl sites for hydroxylation is 2. The first kappa shape index (κ1) is 24.3. The normalized spacial score (nSPS) is 12.6. The molecule has 0 saturated carbocycles. The van der Waals surface area contributed by atoms with Crippen LogP contribution in [0.15, 0.2) is 66.2 Å². The largest absolute Gasteiger partial charge is 0.346 e. The lowest BCUT2D eigenvalue weighted by Gasteiger charge is -2.16. The number of hydrogen-bond acceptors (Lipinski definition) is 8. The Kier molecular flexibility index (Phi) is 6.07. The van der Waals surface area contributed by atoms with E-state index in [-0.39, 0.29) is 28.0 Å². The van der Waals surface area contributed by atoms with Crippen molar-refractivity contribution in [3.63, 3.8) is 0 Å². The van der Waals surface area contributed by atoms with Crippen LogP contribution in [0.2, 0.25) is 0 Å². The average Bonchev–Trinajstić information content (AvgIpc) is 3.45. The summed E-state index contributed by atoms with van der Waals surface area (Å²) in [5, 5.41) is 6.44. The number of nitrogens with one attached hydrogen (secondary N) is 2. The molecule has 0 fully saturated rings. The highest BCUT2D eigenvalue weighted by Gasteiger charge is 2.23. The van der Waals surface area contributed by atoms with Gasteiger partial charge in [-0.1, -0.05) is 17.7 Å². The average molecular weight is 525 g/mol. The highest BCUT2D eigenvalue weighted by molar-refractivity contribution is 7.90. The van der Waals surface area contributed by atoms with E-state index in [1.165, 1.54) is 18.3 Å². The van der Waals surface area contributed by atoms with Crippen molar-refractivity contribution in [3.05, 3.63) is 84.2 Å². The van der Waals surface area contributed by atoms with Crippen molar-refractivity contribution in [2.24, 2.45) is 7.05 Å². The van der Waals surface area contributed by atoms with Gasteiger partial charge in [0.2, 0.25) is 5.95 Å². The summed E-state index contributed by atoms with van der Waals surface area (Å²) < 4.78 is 57.4. The fourth-order valence-electron chi connectivity index (χ4n) is 3.77. The van der Waals surface area contributed by atoms with Crippen molar-refractivity contribution in [2.75, 3.05) is 10.6 Å². The fraction of sp³-hybridized carbons (Fsp3) is 0.167. The molecular weight excluding hydrogens is 502 g/mol. The maximum atomic E-state index is 14.3. The second-order valence-electron chi connectivity index (χ2n) is 8.50. The van der Waals surface area contributed by atoms with Gasteiger partial charge in [-0.2, -0.15) is 9.97 Å². The van der Waals surface area contributed by atoms with Crippen molar-refractivity contribution in [1.82, 2.24) is 28.5 Å². The Labute approximate surface area is 211 Å². The monoisotopic (exact) mass is 524 g/mol. The molecule has 0 saturated heterocycles. The van der Waals surface area contributed by atoms with Gasteiger partial charge in [-0.15, -0.1) is 0 Å². The van der Waals surface area contributed by atoms with Crippen molar-refractivity contribution in [1.29, 1.82) is 0 Å². The number of imidazole rings is 1. The molecule has 1 atom stereocenters. The number of pyridine rings is 1. The topological polar surface area (TPSA) is 120 Å². The zero-order valence-electron chi connectivity index (χ0n) is 20.0. The minimum absolute atomic E-state index is 0.00279. The number of nitrogens with zero attached hydrogens (tertiary/aromatic N) is 6. The first-order chi connectivity index (χ1) is 17.6. The van der Waals surface area contributed by atoms with E-state index < -0.39 is 27.7 Å². The zero-order chi connectivity index (χ0) is 26.3. The van der Waals surface area contributed by atoms with E-state index >= 15 is 0 Å². The summed E-state index contributed by atoms with van der Waals surface area (Å²) in [4.78, 5) is 17.1. The maximum absolute atomic E-state index is 14.3. The molecule has 37 heavy (non-hydrogen) atoms. The van der Waals surface area contributed by atoms with Crippen LogP contribution >= 0.6 is 0 Å². The smallest absolute Gasteiger partial charge is 0.269 e. The summed E-state index contributed by atoms with van der Waals surface area (Å²) in [6.07, 6.45) is 5.63. The lowest BCUT2D eigenvalue weighted by atomic mass is 10.2. The van der Waals surface area contributed by atoms with Crippen molar-refractivity contribution in [2.45, 2.75) is 24.8 Å². The van der Waals surface area contributed by atoms with Crippen molar-refractivity contribution < 1.29 is 17.2 Å². The molecule has 0 aliphatic heterocycles. The predicted molar refractivity (Wildman–Crippen MR) is 134 cm³/mol. The SMILES string of the molecule is Cc1ccc(S(=O)(=O)n2ccc3c(Nc4cn(C)cn4)nc(N[C@@H](C)c4ncc(F)cc4F)nc32)cc1. The highest BCUT2D eigenvalue weighted by Crippen LogP contribution is 2.29. The Morgan fingerprint density at radius 2 is 1.81 bits per heavy atom. The molecule has 5 aromatic rings. The van der Waals surface area contributed by atoms with E-state index in [0.717, 1.165) is 21.8 Å². The van der Waals surface area contributed by atoms with Gasteiger partial charge >= 0.3 is 0 Å². The third-order valence-corrected chi connectivity index (χ3v) is 7.31. The number of rotatable bonds is 7. The van der Waals surface area contributed by atoms with Gasteiger partial charge in [0.05, 0.1) is 34.5 Å². The molecular formula is C24H22F2N8O2S. The number of hydrogen-bond donors (Lipinski definition) is 2. The molecule has 4 heterocycles. The Morgan fingerprint density at radius 3 is 2.49 bits per heavy atom. The summed E-state index contributed by atoms with van der Waals surface area (Å²) in [6, 6.07) is 8.02. The highest BCUT2D eigenvalue weighted by atomic mass is 32.2. The number of fused-ring (bicyclic) bond motifs is 1. The van der Waals surface area contributed by atoms with Gasteiger partial charge in [0.15, 0.2) is 5.65 Å². The number of benzene rings is 1. The number of halogens is 2. The van der Waals surface area contributed by atoms with Gasteiger partial charge in [0, 0.05) is 25.5 Å². The quantitative estimate of drug-likeness (QED) is 0.323. The molecule has 0 spiro atoms. The van der Waals surface area contributed by atoms with E-state index in [1.54, 1.807) is 49.3 Å². The lowest BCUT2D eigenvalue weighted by Crippen LogP contribution is -2.16. The molecule has 10 nitrogen and oxygen atoms in total. The van der Waals surface area contributed by atoms with E-state index in [0.29, 0.717) is 11.2 Å². The molecule has 1 aromatic carbocycles. The van der Waals surface area contributed by atoms with Crippen LogP contribution in [0.1, 0.15) is 24.2 Å². The summed E-state index contributed by atoms with van der Waals surface area (Å²) in [5.41, 5.74) is 0.964. The fourth-order valence-corrected chi connectivity index (χ4v) is 5.07. The van der Waals surface area contributed by atoms with Gasteiger partial charge in [0.1, 0.15) is 23.3 Å². The summed E-state index contributed by atoms with van der Waals surface area (Å²) in [6.45, 7) is 3.47. The third kappa shape index (κ3) is 4.72. The van der Waals surface area contributed by atoms with Gasteiger partial charge in [0.25, 0.3) is 10.0 Å². The molecule has 0 bridgehead atoms. The van der Waals surface area contributed by atoms with Crippen LogP contribution in [0, 0.1) is 18.6 Å². The summed E-state index contributed by atoms with van der Waals surface area (Å²) in [7, 11) is -2.19. The second-order valence-corrected chi connectivity index (χ2v) is 10.3. The molecule has 13 heteroatoms. The summed E-state index contributed by atoms with van der Waals surface area (Å²) in [5.74, 6) is -0.876. The Bertz CT molecular complexity index is 1710. The van der Waals surface area contributed by atoms with Gasteiger partial charge in [-0.25, -0.2) is 26.2 Å². The van der Waals surface area contributed by atoms with E-state index in [4.69, 9.17) is 0 Å². The molecule has 4 aromatic heterocycles. The second kappa shape index (κ2) is 9.24. The van der Waals surface area contributed by atoms with Gasteiger partial charge in [-0.05, 0) is 32.0 Å². The van der Waals surface area contributed by atoms with Crippen LogP contribution in [0.25, 0.3) is 11.0 Å². The van der Waals surface area contributed by atoms with Crippen LogP contribution in [0.3, 0.4) is 0 Å². The molecule has 0 aliphatic rings. The molecule has 5 rings (SSSR count).